The molecule has 0 unspecified atom stereocenters. The molecule has 0 saturated carbocycles. The predicted octanol–water partition coefficient (Wildman–Crippen LogP) is 4.58. The van der Waals surface area contributed by atoms with Gasteiger partial charge in [0.05, 0.1) is 18.9 Å². The lowest BCUT2D eigenvalue weighted by Crippen LogP contribution is -2.23. The number of H-pyrrole nitrogens is 1. The van der Waals surface area contributed by atoms with E-state index in [0.29, 0.717) is 18.8 Å². The second kappa shape index (κ2) is 10.3. The third-order valence-electron chi connectivity index (χ3n) is 4.43. The Kier molecular flexibility index (Phi) is 7.28. The second-order valence-corrected chi connectivity index (χ2v) is 6.65. The van der Waals surface area contributed by atoms with Crippen molar-refractivity contribution in [2.75, 3.05) is 13.2 Å². The highest BCUT2D eigenvalue weighted by Gasteiger charge is 2.11. The standard InChI is InChI=1S/C23H27N3O3/c1-3-5-14-29-20-12-8-18(9-13-20)21-15-22(26-25-21)23(27)24-16-17-6-10-19(11-7-17)28-4-2/h6-13,15H,3-5,14,16H2,1-2H3,(H,24,27)(H,25,26). The summed E-state index contributed by atoms with van der Waals surface area (Å²) in [4.78, 5) is 12.4. The number of rotatable bonds is 10. The van der Waals surface area contributed by atoms with Gasteiger partial charge in [-0.3, -0.25) is 9.89 Å². The molecule has 0 radical (unpaired) electrons. The summed E-state index contributed by atoms with van der Waals surface area (Å²) in [7, 11) is 0. The molecule has 0 aliphatic carbocycles. The number of carbonyl (C=O) groups is 1. The second-order valence-electron chi connectivity index (χ2n) is 6.65. The zero-order valence-electron chi connectivity index (χ0n) is 16.9. The fraction of sp³-hybridized carbons (Fsp3) is 0.304. The van der Waals surface area contributed by atoms with Crippen molar-refractivity contribution >= 4 is 5.91 Å². The topological polar surface area (TPSA) is 76.2 Å². The highest BCUT2D eigenvalue weighted by atomic mass is 16.5. The number of hydrogen-bond acceptors (Lipinski definition) is 4. The Morgan fingerprint density at radius 3 is 2.38 bits per heavy atom. The molecule has 0 spiro atoms. The van der Waals surface area contributed by atoms with Crippen molar-refractivity contribution in [2.24, 2.45) is 0 Å². The van der Waals surface area contributed by atoms with E-state index in [1.807, 2.05) is 55.5 Å². The van der Waals surface area contributed by atoms with Gasteiger partial charge in [0.25, 0.3) is 5.91 Å². The fourth-order valence-electron chi connectivity index (χ4n) is 2.79. The number of aromatic amines is 1. The van der Waals surface area contributed by atoms with Crippen LogP contribution < -0.4 is 14.8 Å². The predicted molar refractivity (Wildman–Crippen MR) is 113 cm³/mol. The van der Waals surface area contributed by atoms with Crippen LogP contribution in [0, 0.1) is 0 Å². The Labute approximate surface area is 171 Å². The summed E-state index contributed by atoms with van der Waals surface area (Å²) in [5.41, 5.74) is 3.07. The fourth-order valence-corrected chi connectivity index (χ4v) is 2.79. The average Bonchev–Trinajstić information content (AvgIpc) is 3.24. The largest absolute Gasteiger partial charge is 0.494 e. The Morgan fingerprint density at radius 1 is 1.00 bits per heavy atom. The van der Waals surface area contributed by atoms with Crippen molar-refractivity contribution < 1.29 is 14.3 Å². The SMILES string of the molecule is CCCCOc1ccc(-c2cc(C(=O)NCc3ccc(OCC)cc3)[nH]n2)cc1. The van der Waals surface area contributed by atoms with E-state index in [-0.39, 0.29) is 5.91 Å². The highest BCUT2D eigenvalue weighted by Crippen LogP contribution is 2.21. The summed E-state index contributed by atoms with van der Waals surface area (Å²) in [5.74, 6) is 1.46. The summed E-state index contributed by atoms with van der Waals surface area (Å²) in [6, 6.07) is 17.2. The summed E-state index contributed by atoms with van der Waals surface area (Å²) in [5, 5.41) is 9.96. The van der Waals surface area contributed by atoms with Crippen LogP contribution in [-0.4, -0.2) is 29.3 Å². The van der Waals surface area contributed by atoms with E-state index in [0.717, 1.165) is 47.8 Å². The Hall–Kier alpha value is -3.28. The van der Waals surface area contributed by atoms with Crippen LogP contribution in [0.3, 0.4) is 0 Å². The molecule has 0 fully saturated rings. The van der Waals surface area contributed by atoms with Gasteiger partial charge in [0.2, 0.25) is 0 Å². The van der Waals surface area contributed by atoms with Gasteiger partial charge >= 0.3 is 0 Å². The monoisotopic (exact) mass is 393 g/mol. The molecule has 0 bridgehead atoms. The molecule has 1 amide bonds. The molecule has 29 heavy (non-hydrogen) atoms. The van der Waals surface area contributed by atoms with Crippen molar-refractivity contribution in [1.29, 1.82) is 0 Å². The summed E-state index contributed by atoms with van der Waals surface area (Å²) in [6.45, 7) is 5.87. The lowest BCUT2D eigenvalue weighted by Gasteiger charge is -2.06. The molecule has 152 valence electrons. The first-order chi connectivity index (χ1) is 14.2. The number of carbonyl (C=O) groups excluding carboxylic acids is 1. The van der Waals surface area contributed by atoms with Crippen LogP contribution in [0.5, 0.6) is 11.5 Å². The molecule has 0 saturated heterocycles. The van der Waals surface area contributed by atoms with Gasteiger partial charge < -0.3 is 14.8 Å². The summed E-state index contributed by atoms with van der Waals surface area (Å²) in [6.07, 6.45) is 2.14. The Morgan fingerprint density at radius 2 is 1.69 bits per heavy atom. The van der Waals surface area contributed by atoms with Crippen molar-refractivity contribution in [1.82, 2.24) is 15.5 Å². The molecule has 0 aliphatic rings. The molecule has 3 rings (SSSR count). The number of benzene rings is 2. The van der Waals surface area contributed by atoms with Crippen molar-refractivity contribution in [2.45, 2.75) is 33.2 Å². The first kappa shape index (κ1) is 20.5. The first-order valence-electron chi connectivity index (χ1n) is 9.98. The number of hydrogen-bond donors (Lipinski definition) is 2. The van der Waals surface area contributed by atoms with Crippen LogP contribution in [0.2, 0.25) is 0 Å². The van der Waals surface area contributed by atoms with Crippen LogP contribution in [0.15, 0.2) is 54.6 Å². The minimum absolute atomic E-state index is 0.197. The summed E-state index contributed by atoms with van der Waals surface area (Å²) < 4.78 is 11.1. The highest BCUT2D eigenvalue weighted by molar-refractivity contribution is 5.93. The van der Waals surface area contributed by atoms with E-state index in [4.69, 9.17) is 9.47 Å². The molecule has 6 nitrogen and oxygen atoms in total. The van der Waals surface area contributed by atoms with Gasteiger partial charge in [-0.2, -0.15) is 5.10 Å². The Bertz CT molecular complexity index is 902. The molecule has 2 aromatic carbocycles. The van der Waals surface area contributed by atoms with Crippen LogP contribution in [0.25, 0.3) is 11.3 Å². The lowest BCUT2D eigenvalue weighted by atomic mass is 10.1. The van der Waals surface area contributed by atoms with Gasteiger partial charge in [-0.1, -0.05) is 25.5 Å². The molecule has 2 N–H and O–H groups in total. The van der Waals surface area contributed by atoms with Gasteiger partial charge in [0, 0.05) is 12.1 Å². The molecule has 0 atom stereocenters. The van der Waals surface area contributed by atoms with E-state index in [1.54, 1.807) is 6.07 Å². The van der Waals surface area contributed by atoms with E-state index in [9.17, 15) is 4.79 Å². The third-order valence-corrected chi connectivity index (χ3v) is 4.43. The normalized spacial score (nSPS) is 10.6. The molecule has 1 aromatic heterocycles. The van der Waals surface area contributed by atoms with Crippen LogP contribution in [0.4, 0.5) is 0 Å². The lowest BCUT2D eigenvalue weighted by molar-refractivity contribution is 0.0946. The minimum Gasteiger partial charge on any atom is -0.494 e. The van der Waals surface area contributed by atoms with Crippen molar-refractivity contribution in [3.8, 4) is 22.8 Å². The van der Waals surface area contributed by atoms with Gasteiger partial charge in [-0.15, -0.1) is 0 Å². The quantitative estimate of drug-likeness (QED) is 0.494. The zero-order chi connectivity index (χ0) is 20.5. The maximum atomic E-state index is 12.4. The smallest absolute Gasteiger partial charge is 0.269 e. The van der Waals surface area contributed by atoms with Crippen molar-refractivity contribution in [3.63, 3.8) is 0 Å². The zero-order valence-corrected chi connectivity index (χ0v) is 16.9. The number of amides is 1. The van der Waals surface area contributed by atoms with E-state index >= 15 is 0 Å². The van der Waals surface area contributed by atoms with Crippen LogP contribution in [-0.2, 0) is 6.54 Å². The number of unbranched alkanes of at least 4 members (excludes halogenated alkanes) is 1. The Balaban J connectivity index is 1.55. The molecule has 1 heterocycles. The number of ether oxygens (including phenoxy) is 2. The van der Waals surface area contributed by atoms with E-state index in [1.165, 1.54) is 0 Å². The number of nitrogens with one attached hydrogen (secondary N) is 2. The first-order valence-corrected chi connectivity index (χ1v) is 9.98. The van der Waals surface area contributed by atoms with Crippen molar-refractivity contribution in [3.05, 3.63) is 65.9 Å². The third kappa shape index (κ3) is 5.85. The average molecular weight is 393 g/mol. The molecular weight excluding hydrogens is 366 g/mol. The maximum Gasteiger partial charge on any atom is 0.269 e. The van der Waals surface area contributed by atoms with Crippen LogP contribution >= 0.6 is 0 Å². The van der Waals surface area contributed by atoms with E-state index < -0.39 is 0 Å². The van der Waals surface area contributed by atoms with Gasteiger partial charge in [-0.05, 0) is 61.4 Å². The summed E-state index contributed by atoms with van der Waals surface area (Å²) >= 11 is 0. The minimum atomic E-state index is -0.197. The van der Waals surface area contributed by atoms with Gasteiger partial charge in [0.1, 0.15) is 17.2 Å². The molecular formula is C23H27N3O3. The molecule has 0 aliphatic heterocycles. The van der Waals surface area contributed by atoms with Gasteiger partial charge in [0.15, 0.2) is 0 Å². The van der Waals surface area contributed by atoms with Crippen LogP contribution in [0.1, 0.15) is 42.7 Å². The number of aromatic nitrogens is 2. The van der Waals surface area contributed by atoms with Gasteiger partial charge in [-0.25, -0.2) is 0 Å². The molecule has 6 heteroatoms. The maximum absolute atomic E-state index is 12.4. The molecule has 3 aromatic rings. The number of nitrogens with zero attached hydrogens (tertiary/aromatic N) is 1. The van der Waals surface area contributed by atoms with E-state index in [2.05, 4.69) is 22.4 Å².